The van der Waals surface area contributed by atoms with Gasteiger partial charge in [0.05, 0.1) is 23.7 Å². The Morgan fingerprint density at radius 1 is 1.14 bits per heavy atom. The number of carbonyl (C=O) groups excluding carboxylic acids is 1. The second kappa shape index (κ2) is 9.60. The maximum Gasteiger partial charge on any atom is 0.319 e. The van der Waals surface area contributed by atoms with Crippen LogP contribution in [0.15, 0.2) is 60.8 Å². The number of anilines is 1. The summed E-state index contributed by atoms with van der Waals surface area (Å²) >= 11 is 0. The number of carbonyl (C=O) groups is 1. The summed E-state index contributed by atoms with van der Waals surface area (Å²) in [5.41, 5.74) is 3.70. The number of hydrogen-bond donors (Lipinski definition) is 2. The minimum Gasteiger partial charge on any atom is -0.491 e. The molecular weight excluding hydrogens is 352 g/mol. The van der Waals surface area contributed by atoms with E-state index >= 15 is 0 Å². The highest BCUT2D eigenvalue weighted by Crippen LogP contribution is 2.25. The molecule has 6 nitrogen and oxygen atoms in total. The summed E-state index contributed by atoms with van der Waals surface area (Å²) in [6.45, 7) is 5.16. The second-order valence-electron chi connectivity index (χ2n) is 6.57. The van der Waals surface area contributed by atoms with Crippen molar-refractivity contribution in [3.05, 3.63) is 72.1 Å². The van der Waals surface area contributed by atoms with Gasteiger partial charge in [0.25, 0.3) is 0 Å². The maximum atomic E-state index is 12.2. The lowest BCUT2D eigenvalue weighted by Gasteiger charge is -2.13. The topological polar surface area (TPSA) is 68.2 Å². The van der Waals surface area contributed by atoms with Crippen LogP contribution in [0.1, 0.15) is 24.6 Å². The standard InChI is InChI=1S/C22H26N4O2/c1-3-15-28-21-16-17(2)9-10-20(21)24-22(27)23-13-11-18-12-14-26(25-18)19-7-5-4-6-8-19/h4-10,12,14,16H,3,11,13,15H2,1-2H3,(H2,23,24,27). The number of amides is 2. The van der Waals surface area contributed by atoms with E-state index in [9.17, 15) is 4.79 Å². The molecule has 6 heteroatoms. The van der Waals surface area contributed by atoms with Gasteiger partial charge in [-0.15, -0.1) is 0 Å². The van der Waals surface area contributed by atoms with Crippen molar-refractivity contribution in [1.82, 2.24) is 15.1 Å². The lowest BCUT2D eigenvalue weighted by Crippen LogP contribution is -2.30. The SMILES string of the molecule is CCCOc1cc(C)ccc1NC(=O)NCCc1ccn(-c2ccccc2)n1. The summed E-state index contributed by atoms with van der Waals surface area (Å²) < 4.78 is 7.56. The number of ether oxygens (including phenoxy) is 1. The summed E-state index contributed by atoms with van der Waals surface area (Å²) in [5.74, 6) is 0.693. The zero-order valence-corrected chi connectivity index (χ0v) is 16.3. The van der Waals surface area contributed by atoms with Crippen molar-refractivity contribution in [2.24, 2.45) is 0 Å². The van der Waals surface area contributed by atoms with E-state index in [1.807, 2.05) is 72.4 Å². The van der Waals surface area contributed by atoms with Crippen LogP contribution in [0, 0.1) is 6.92 Å². The predicted octanol–water partition coefficient (Wildman–Crippen LogP) is 4.33. The summed E-state index contributed by atoms with van der Waals surface area (Å²) in [6.07, 6.45) is 3.49. The number of para-hydroxylation sites is 1. The molecule has 3 rings (SSSR count). The number of aryl methyl sites for hydroxylation is 1. The van der Waals surface area contributed by atoms with Gasteiger partial charge in [-0.25, -0.2) is 9.48 Å². The lowest BCUT2D eigenvalue weighted by molar-refractivity contribution is 0.252. The summed E-state index contributed by atoms with van der Waals surface area (Å²) in [6, 6.07) is 17.4. The fraction of sp³-hybridized carbons (Fsp3) is 0.273. The highest BCUT2D eigenvalue weighted by Gasteiger charge is 2.08. The van der Waals surface area contributed by atoms with E-state index in [2.05, 4.69) is 22.7 Å². The molecule has 0 bridgehead atoms. The van der Waals surface area contributed by atoms with E-state index in [4.69, 9.17) is 4.74 Å². The molecule has 0 saturated heterocycles. The molecule has 0 saturated carbocycles. The molecule has 2 amide bonds. The molecule has 0 radical (unpaired) electrons. The van der Waals surface area contributed by atoms with E-state index < -0.39 is 0 Å². The third-order valence-corrected chi connectivity index (χ3v) is 4.18. The molecular formula is C22H26N4O2. The van der Waals surface area contributed by atoms with Gasteiger partial charge in [-0.05, 0) is 49.2 Å². The third-order valence-electron chi connectivity index (χ3n) is 4.18. The first-order valence-electron chi connectivity index (χ1n) is 9.54. The molecule has 0 atom stereocenters. The Labute approximate surface area is 165 Å². The predicted molar refractivity (Wildman–Crippen MR) is 111 cm³/mol. The Hall–Kier alpha value is -3.28. The average Bonchev–Trinajstić information content (AvgIpc) is 3.18. The fourth-order valence-electron chi connectivity index (χ4n) is 2.75. The van der Waals surface area contributed by atoms with Crippen LogP contribution in [0.3, 0.4) is 0 Å². The van der Waals surface area contributed by atoms with Gasteiger partial charge in [-0.2, -0.15) is 5.10 Å². The largest absolute Gasteiger partial charge is 0.491 e. The van der Waals surface area contributed by atoms with Gasteiger partial charge in [-0.1, -0.05) is 31.2 Å². The van der Waals surface area contributed by atoms with Gasteiger partial charge in [0.1, 0.15) is 5.75 Å². The molecule has 0 fully saturated rings. The van der Waals surface area contributed by atoms with Crippen LogP contribution in [-0.4, -0.2) is 29.0 Å². The zero-order valence-electron chi connectivity index (χ0n) is 16.3. The van der Waals surface area contributed by atoms with Gasteiger partial charge in [0.15, 0.2) is 0 Å². The summed E-state index contributed by atoms with van der Waals surface area (Å²) in [4.78, 5) is 12.2. The van der Waals surface area contributed by atoms with Crippen LogP contribution in [0.25, 0.3) is 5.69 Å². The van der Waals surface area contributed by atoms with Crippen LogP contribution in [0.5, 0.6) is 5.75 Å². The third kappa shape index (κ3) is 5.36. The highest BCUT2D eigenvalue weighted by molar-refractivity contribution is 5.90. The molecule has 1 heterocycles. The van der Waals surface area contributed by atoms with Gasteiger partial charge in [0, 0.05) is 19.2 Å². The molecule has 28 heavy (non-hydrogen) atoms. The first kappa shape index (κ1) is 19.5. The molecule has 3 aromatic rings. The second-order valence-corrected chi connectivity index (χ2v) is 6.57. The Morgan fingerprint density at radius 2 is 1.96 bits per heavy atom. The van der Waals surface area contributed by atoms with E-state index in [1.165, 1.54) is 0 Å². The van der Waals surface area contributed by atoms with Crippen molar-refractivity contribution >= 4 is 11.7 Å². The number of hydrogen-bond acceptors (Lipinski definition) is 3. The first-order chi connectivity index (χ1) is 13.7. The van der Waals surface area contributed by atoms with Gasteiger partial charge in [-0.3, -0.25) is 0 Å². The molecule has 2 aromatic carbocycles. The summed E-state index contributed by atoms with van der Waals surface area (Å²) in [7, 11) is 0. The van der Waals surface area contributed by atoms with Crippen molar-refractivity contribution in [1.29, 1.82) is 0 Å². The Balaban J connectivity index is 1.51. The van der Waals surface area contributed by atoms with Gasteiger partial charge in [0.2, 0.25) is 0 Å². The normalized spacial score (nSPS) is 10.5. The van der Waals surface area contributed by atoms with Crippen LogP contribution >= 0.6 is 0 Å². The molecule has 0 aliphatic heterocycles. The van der Waals surface area contributed by atoms with Gasteiger partial charge >= 0.3 is 6.03 Å². The first-order valence-corrected chi connectivity index (χ1v) is 9.54. The molecule has 0 unspecified atom stereocenters. The Kier molecular flexibility index (Phi) is 6.68. The lowest BCUT2D eigenvalue weighted by atomic mass is 10.2. The molecule has 2 N–H and O–H groups in total. The van der Waals surface area contributed by atoms with E-state index in [1.54, 1.807) is 0 Å². The van der Waals surface area contributed by atoms with Crippen molar-refractivity contribution < 1.29 is 9.53 Å². The monoisotopic (exact) mass is 378 g/mol. The quantitative estimate of drug-likeness (QED) is 0.613. The van der Waals surface area contributed by atoms with Crippen molar-refractivity contribution in [2.75, 3.05) is 18.5 Å². The van der Waals surface area contributed by atoms with E-state index in [0.717, 1.165) is 23.4 Å². The average molecular weight is 378 g/mol. The van der Waals surface area contributed by atoms with Crippen LogP contribution < -0.4 is 15.4 Å². The van der Waals surface area contributed by atoms with Gasteiger partial charge < -0.3 is 15.4 Å². The number of nitrogens with one attached hydrogen (secondary N) is 2. The van der Waals surface area contributed by atoms with Crippen LogP contribution in [-0.2, 0) is 6.42 Å². The van der Waals surface area contributed by atoms with Crippen molar-refractivity contribution in [3.63, 3.8) is 0 Å². The van der Waals surface area contributed by atoms with Crippen molar-refractivity contribution in [2.45, 2.75) is 26.7 Å². The molecule has 0 aliphatic carbocycles. The number of aromatic nitrogens is 2. The molecule has 1 aromatic heterocycles. The smallest absolute Gasteiger partial charge is 0.319 e. The highest BCUT2D eigenvalue weighted by atomic mass is 16.5. The van der Waals surface area contributed by atoms with E-state index in [0.29, 0.717) is 31.0 Å². The number of benzene rings is 2. The summed E-state index contributed by atoms with van der Waals surface area (Å²) in [5, 5.41) is 10.3. The molecule has 0 spiro atoms. The Morgan fingerprint density at radius 3 is 2.75 bits per heavy atom. The number of rotatable bonds is 8. The molecule has 0 aliphatic rings. The van der Waals surface area contributed by atoms with Crippen LogP contribution in [0.2, 0.25) is 0 Å². The maximum absolute atomic E-state index is 12.2. The van der Waals surface area contributed by atoms with Crippen molar-refractivity contribution in [3.8, 4) is 11.4 Å². The van der Waals surface area contributed by atoms with E-state index in [-0.39, 0.29) is 6.03 Å². The fourth-order valence-corrected chi connectivity index (χ4v) is 2.75. The van der Waals surface area contributed by atoms with Crippen LogP contribution in [0.4, 0.5) is 10.5 Å². The molecule has 146 valence electrons. The zero-order chi connectivity index (χ0) is 19.8. The number of urea groups is 1. The minimum atomic E-state index is -0.257. The number of nitrogens with zero attached hydrogens (tertiary/aromatic N) is 2. The minimum absolute atomic E-state index is 0.257. The Bertz CT molecular complexity index is 906.